The largest absolute Gasteiger partial charge is 0.497 e. The van der Waals surface area contributed by atoms with Crippen LogP contribution in [0.3, 0.4) is 0 Å². The molecule has 2 nitrogen and oxygen atoms in total. The number of methoxy groups -OCH3 is 1. The summed E-state index contributed by atoms with van der Waals surface area (Å²) in [6.07, 6.45) is 20.9. The molecule has 2 saturated carbocycles. The minimum Gasteiger partial charge on any atom is -0.497 e. The number of hydrogen-bond acceptors (Lipinski definition) is 2. The zero-order chi connectivity index (χ0) is 20.6. The Hall–Kier alpha value is -1.83. The first-order valence-electron chi connectivity index (χ1n) is 12.5. The van der Waals surface area contributed by atoms with E-state index in [1.165, 1.54) is 107 Å². The molecule has 1 aromatic heterocycles. The molecule has 0 N–H and O–H groups in total. The van der Waals surface area contributed by atoms with Gasteiger partial charge in [-0.1, -0.05) is 70.3 Å². The summed E-state index contributed by atoms with van der Waals surface area (Å²) in [6, 6.07) is 11.1. The molecule has 0 spiro atoms. The van der Waals surface area contributed by atoms with Crippen molar-refractivity contribution >= 4 is 0 Å². The highest BCUT2D eigenvalue weighted by Gasteiger charge is 2.26. The van der Waals surface area contributed by atoms with Gasteiger partial charge in [0.25, 0.3) is 0 Å². The highest BCUT2D eigenvalue weighted by molar-refractivity contribution is 5.71. The maximum Gasteiger partial charge on any atom is 0.119 e. The fourth-order valence-corrected chi connectivity index (χ4v) is 5.76. The number of aromatic nitrogens is 1. The van der Waals surface area contributed by atoms with Crippen LogP contribution in [0.25, 0.3) is 11.3 Å². The van der Waals surface area contributed by atoms with E-state index < -0.39 is 0 Å². The SMILES string of the molecule is COc1cc(C2CCCCCCC2)c(-c2ccccn2)c(C2CCCCCCC2)c1. The summed E-state index contributed by atoms with van der Waals surface area (Å²) in [6.45, 7) is 0. The molecule has 0 unspecified atom stereocenters. The normalized spacial score (nSPS) is 20.0. The molecule has 2 aliphatic carbocycles. The standard InChI is InChI=1S/C28H39NO/c1-30-24-20-25(22-14-8-4-2-5-9-15-22)28(27-18-12-13-19-29-27)26(21-24)23-16-10-6-3-7-11-17-23/h12-13,18-23H,2-11,14-17H2,1H3. The number of benzene rings is 1. The molecule has 2 heteroatoms. The van der Waals surface area contributed by atoms with Gasteiger partial charge in [0.05, 0.1) is 12.8 Å². The Morgan fingerprint density at radius 1 is 0.700 bits per heavy atom. The van der Waals surface area contributed by atoms with Crippen molar-refractivity contribution in [1.29, 1.82) is 0 Å². The van der Waals surface area contributed by atoms with E-state index in [2.05, 4.69) is 24.3 Å². The van der Waals surface area contributed by atoms with Crippen LogP contribution in [0.2, 0.25) is 0 Å². The molecule has 0 bridgehead atoms. The Morgan fingerprint density at radius 3 is 1.63 bits per heavy atom. The van der Waals surface area contributed by atoms with Crippen molar-refractivity contribution in [2.75, 3.05) is 7.11 Å². The van der Waals surface area contributed by atoms with Gasteiger partial charge in [0.15, 0.2) is 0 Å². The van der Waals surface area contributed by atoms with E-state index in [1.807, 2.05) is 19.4 Å². The van der Waals surface area contributed by atoms with Crippen molar-refractivity contribution < 1.29 is 4.74 Å². The zero-order valence-electron chi connectivity index (χ0n) is 18.9. The lowest BCUT2D eigenvalue weighted by Gasteiger charge is -2.29. The minimum atomic E-state index is 0.629. The second-order valence-corrected chi connectivity index (χ2v) is 9.48. The highest BCUT2D eigenvalue weighted by Crippen LogP contribution is 2.45. The second kappa shape index (κ2) is 11.0. The van der Waals surface area contributed by atoms with Gasteiger partial charge < -0.3 is 4.74 Å². The van der Waals surface area contributed by atoms with Gasteiger partial charge >= 0.3 is 0 Å². The lowest BCUT2D eigenvalue weighted by Crippen LogP contribution is -2.11. The minimum absolute atomic E-state index is 0.629. The Morgan fingerprint density at radius 2 is 1.20 bits per heavy atom. The quantitative estimate of drug-likeness (QED) is 0.509. The molecule has 2 aliphatic rings. The van der Waals surface area contributed by atoms with Crippen molar-refractivity contribution in [3.63, 3.8) is 0 Å². The van der Waals surface area contributed by atoms with E-state index in [1.54, 1.807) is 0 Å². The maximum atomic E-state index is 5.86. The third-order valence-corrected chi connectivity index (χ3v) is 7.42. The molecule has 0 aliphatic heterocycles. The molecule has 1 aromatic carbocycles. The van der Waals surface area contributed by atoms with Crippen LogP contribution in [0.5, 0.6) is 5.75 Å². The Balaban J connectivity index is 1.82. The number of rotatable bonds is 4. The van der Waals surface area contributed by atoms with E-state index in [0.29, 0.717) is 11.8 Å². The average Bonchev–Trinajstić information content (AvgIpc) is 2.73. The van der Waals surface area contributed by atoms with E-state index in [-0.39, 0.29) is 0 Å². The fraction of sp³-hybridized carbons (Fsp3) is 0.607. The third-order valence-electron chi connectivity index (χ3n) is 7.42. The van der Waals surface area contributed by atoms with E-state index in [4.69, 9.17) is 9.72 Å². The molecule has 1 heterocycles. The number of pyridine rings is 1. The monoisotopic (exact) mass is 405 g/mol. The zero-order valence-corrected chi connectivity index (χ0v) is 18.9. The van der Waals surface area contributed by atoms with Crippen LogP contribution >= 0.6 is 0 Å². The van der Waals surface area contributed by atoms with Crippen molar-refractivity contribution in [1.82, 2.24) is 4.98 Å². The first-order chi connectivity index (χ1) is 14.9. The molecule has 2 aromatic rings. The summed E-state index contributed by atoms with van der Waals surface area (Å²) in [5.74, 6) is 2.30. The van der Waals surface area contributed by atoms with Gasteiger partial charge in [-0.15, -0.1) is 0 Å². The van der Waals surface area contributed by atoms with Crippen LogP contribution in [0, 0.1) is 0 Å². The molecule has 0 radical (unpaired) electrons. The molecule has 162 valence electrons. The lowest BCUT2D eigenvalue weighted by molar-refractivity contribution is 0.407. The summed E-state index contributed by atoms with van der Waals surface area (Å²) >= 11 is 0. The summed E-state index contributed by atoms with van der Waals surface area (Å²) in [4.78, 5) is 4.86. The van der Waals surface area contributed by atoms with Gasteiger partial charge in [-0.2, -0.15) is 0 Å². The summed E-state index contributed by atoms with van der Waals surface area (Å²) in [5, 5.41) is 0. The Labute approximate surface area is 183 Å². The van der Waals surface area contributed by atoms with Crippen LogP contribution < -0.4 is 4.74 Å². The van der Waals surface area contributed by atoms with Crippen LogP contribution in [-0.4, -0.2) is 12.1 Å². The van der Waals surface area contributed by atoms with Crippen LogP contribution in [0.4, 0.5) is 0 Å². The van der Waals surface area contributed by atoms with Gasteiger partial charge in [-0.05, 0) is 72.9 Å². The maximum absolute atomic E-state index is 5.86. The highest BCUT2D eigenvalue weighted by atomic mass is 16.5. The summed E-state index contributed by atoms with van der Waals surface area (Å²) < 4.78 is 5.86. The summed E-state index contributed by atoms with van der Waals surface area (Å²) in [5.41, 5.74) is 5.61. The van der Waals surface area contributed by atoms with Crippen LogP contribution in [0.15, 0.2) is 36.5 Å². The van der Waals surface area contributed by atoms with Gasteiger partial charge in [-0.25, -0.2) is 0 Å². The topological polar surface area (TPSA) is 22.1 Å². The van der Waals surface area contributed by atoms with E-state index in [0.717, 1.165) is 11.4 Å². The Kier molecular flexibility index (Phi) is 7.83. The van der Waals surface area contributed by atoms with E-state index >= 15 is 0 Å². The summed E-state index contributed by atoms with van der Waals surface area (Å²) in [7, 11) is 1.83. The molecule has 0 saturated heterocycles. The molecule has 30 heavy (non-hydrogen) atoms. The van der Waals surface area contributed by atoms with E-state index in [9.17, 15) is 0 Å². The average molecular weight is 406 g/mol. The van der Waals surface area contributed by atoms with Gasteiger partial charge in [0.2, 0.25) is 0 Å². The number of nitrogens with zero attached hydrogens (tertiary/aromatic N) is 1. The molecule has 0 atom stereocenters. The number of ether oxygens (including phenoxy) is 1. The molecule has 0 amide bonds. The van der Waals surface area contributed by atoms with Crippen LogP contribution in [-0.2, 0) is 0 Å². The first kappa shape index (κ1) is 21.4. The third kappa shape index (κ3) is 5.25. The molecular formula is C28H39NO. The van der Waals surface area contributed by atoms with Gasteiger partial charge in [-0.3, -0.25) is 4.98 Å². The second-order valence-electron chi connectivity index (χ2n) is 9.48. The molecule has 2 fully saturated rings. The fourth-order valence-electron chi connectivity index (χ4n) is 5.76. The lowest BCUT2D eigenvalue weighted by atomic mass is 9.77. The predicted molar refractivity (Wildman–Crippen MR) is 126 cm³/mol. The first-order valence-corrected chi connectivity index (χ1v) is 12.5. The molecular weight excluding hydrogens is 366 g/mol. The van der Waals surface area contributed by atoms with Crippen molar-refractivity contribution in [3.8, 4) is 17.0 Å². The van der Waals surface area contributed by atoms with Gasteiger partial charge in [0, 0.05) is 11.8 Å². The Bertz CT molecular complexity index is 725. The van der Waals surface area contributed by atoms with Crippen molar-refractivity contribution in [2.24, 2.45) is 0 Å². The molecule has 4 rings (SSSR count). The van der Waals surface area contributed by atoms with Crippen molar-refractivity contribution in [2.45, 2.75) is 102 Å². The van der Waals surface area contributed by atoms with Crippen LogP contribution in [0.1, 0.15) is 113 Å². The predicted octanol–water partition coefficient (Wildman–Crippen LogP) is 8.41. The smallest absolute Gasteiger partial charge is 0.119 e. The van der Waals surface area contributed by atoms with Crippen molar-refractivity contribution in [3.05, 3.63) is 47.7 Å². The van der Waals surface area contributed by atoms with Gasteiger partial charge in [0.1, 0.15) is 5.75 Å². The number of hydrogen-bond donors (Lipinski definition) is 0.